The number of ketones is 1. The number of carbonyl (C=O) groups is 1. The third kappa shape index (κ3) is 1.34. The summed E-state index contributed by atoms with van der Waals surface area (Å²) in [6, 6.07) is 1.40. The molecule has 2 N–H and O–H groups in total. The summed E-state index contributed by atoms with van der Waals surface area (Å²) in [6.45, 7) is 0. The minimum Gasteiger partial charge on any atom is -0.292 e. The molecule has 1 aromatic rings. The first-order valence-corrected chi connectivity index (χ1v) is 6.53. The van der Waals surface area contributed by atoms with Gasteiger partial charge in [-0.15, -0.1) is 11.3 Å². The molecular formula is C8H8N2O4S2. The lowest BCUT2D eigenvalue weighted by atomic mass is 10.2. The maximum Gasteiger partial charge on any atom is 0.265 e. The van der Waals surface area contributed by atoms with Crippen LogP contribution in [0.25, 0.3) is 0 Å². The Labute approximate surface area is 95.8 Å². The third-order valence-electron chi connectivity index (χ3n) is 2.25. The first kappa shape index (κ1) is 11.1. The molecular weight excluding hydrogens is 252 g/mol. The number of Topliss-reactive ketones (excluding diaryl/α,β-unsaturated/α-hetero) is 1. The Bertz CT molecular complexity index is 573. The Morgan fingerprint density at radius 2 is 2.25 bits per heavy atom. The van der Waals surface area contributed by atoms with Gasteiger partial charge in [0.25, 0.3) is 10.0 Å². The van der Waals surface area contributed by atoms with Crippen LogP contribution in [0, 0.1) is 0 Å². The van der Waals surface area contributed by atoms with Gasteiger partial charge in [0, 0.05) is 7.05 Å². The van der Waals surface area contributed by atoms with Crippen molar-refractivity contribution in [1.82, 2.24) is 9.79 Å². The molecule has 0 atom stereocenters. The largest absolute Gasteiger partial charge is 0.292 e. The molecule has 86 valence electrons. The monoisotopic (exact) mass is 260 g/mol. The van der Waals surface area contributed by atoms with Gasteiger partial charge in [-0.1, -0.05) is 0 Å². The van der Waals surface area contributed by atoms with Crippen LogP contribution in [0.4, 0.5) is 0 Å². The summed E-state index contributed by atoms with van der Waals surface area (Å²) in [5.74, 6) is -0.427. The average Bonchev–Trinajstić information content (AvgIpc) is 2.72. The van der Waals surface area contributed by atoms with Crippen LogP contribution in [0.2, 0.25) is 0 Å². The molecule has 1 aliphatic heterocycles. The summed E-state index contributed by atoms with van der Waals surface area (Å²) >= 11 is 1.06. The maximum atomic E-state index is 11.9. The Hall–Kier alpha value is -1.38. The van der Waals surface area contributed by atoms with E-state index in [1.807, 2.05) is 0 Å². The van der Waals surface area contributed by atoms with Gasteiger partial charge in [-0.05, 0) is 11.4 Å². The third-order valence-corrected chi connectivity index (χ3v) is 5.10. The second kappa shape index (κ2) is 3.58. The smallest absolute Gasteiger partial charge is 0.265 e. The van der Waals surface area contributed by atoms with Gasteiger partial charge in [0.2, 0.25) is 5.78 Å². The number of carbonyl (C=O) groups excluding carboxylic acids is 1. The number of sulfonamides is 1. The molecule has 0 fully saturated rings. The van der Waals surface area contributed by atoms with Crippen molar-refractivity contribution in [1.29, 1.82) is 0 Å². The van der Waals surface area contributed by atoms with Crippen molar-refractivity contribution in [2.45, 2.75) is 4.90 Å². The summed E-state index contributed by atoms with van der Waals surface area (Å²) < 4.78 is 24.7. The van der Waals surface area contributed by atoms with Gasteiger partial charge < -0.3 is 0 Å². The lowest BCUT2D eigenvalue weighted by Crippen LogP contribution is -2.36. The SMILES string of the molecule is CN1C(=CNO)C(=O)c2sccc2S1(=O)=O. The molecule has 1 aromatic heterocycles. The van der Waals surface area contributed by atoms with E-state index in [2.05, 4.69) is 0 Å². The zero-order valence-electron chi connectivity index (χ0n) is 8.17. The number of fused-ring (bicyclic) bond motifs is 1. The quantitative estimate of drug-likeness (QED) is 0.563. The molecule has 6 nitrogen and oxygen atoms in total. The molecule has 0 aliphatic carbocycles. The first-order valence-electron chi connectivity index (χ1n) is 4.21. The van der Waals surface area contributed by atoms with Gasteiger partial charge in [-0.3, -0.25) is 19.8 Å². The first-order chi connectivity index (χ1) is 7.50. The molecule has 0 spiro atoms. The standard InChI is InChI=1S/C8H8N2O4S2/c1-10-5(4-9-12)7(11)8-6(2-3-15-8)16(10,13)14/h2-4,9,12H,1H3. The van der Waals surface area contributed by atoms with Gasteiger partial charge in [0.1, 0.15) is 10.6 Å². The number of likely N-dealkylation sites (N-methyl/N-ethyl adjacent to an activating group) is 1. The number of thiophene rings is 1. The van der Waals surface area contributed by atoms with Crippen LogP contribution < -0.4 is 5.48 Å². The zero-order valence-corrected chi connectivity index (χ0v) is 9.80. The predicted molar refractivity (Wildman–Crippen MR) is 56.6 cm³/mol. The fourth-order valence-corrected chi connectivity index (χ4v) is 3.96. The van der Waals surface area contributed by atoms with Gasteiger partial charge in [-0.2, -0.15) is 0 Å². The van der Waals surface area contributed by atoms with Crippen LogP contribution in [0.5, 0.6) is 0 Å². The van der Waals surface area contributed by atoms with Crippen molar-refractivity contribution >= 4 is 27.1 Å². The zero-order chi connectivity index (χ0) is 11.9. The van der Waals surface area contributed by atoms with Crippen LogP contribution in [-0.4, -0.2) is 30.8 Å². The maximum absolute atomic E-state index is 11.9. The highest BCUT2D eigenvalue weighted by molar-refractivity contribution is 7.89. The van der Waals surface area contributed by atoms with E-state index < -0.39 is 15.8 Å². The minimum atomic E-state index is -3.68. The predicted octanol–water partition coefficient (Wildman–Crippen LogP) is 0.385. The number of nitrogens with zero attached hydrogens (tertiary/aromatic N) is 1. The second-order valence-electron chi connectivity index (χ2n) is 3.07. The highest BCUT2D eigenvalue weighted by Gasteiger charge is 2.38. The molecule has 0 radical (unpaired) electrons. The van der Waals surface area contributed by atoms with Crippen molar-refractivity contribution in [2.24, 2.45) is 0 Å². The van der Waals surface area contributed by atoms with Gasteiger partial charge in [-0.25, -0.2) is 8.42 Å². The minimum absolute atomic E-state index is 0.0140. The molecule has 0 bridgehead atoms. The number of hydrogen-bond donors (Lipinski definition) is 2. The van der Waals surface area contributed by atoms with Crippen molar-refractivity contribution in [3.63, 3.8) is 0 Å². The Balaban J connectivity index is 2.72. The lowest BCUT2D eigenvalue weighted by Gasteiger charge is -2.25. The summed E-state index contributed by atoms with van der Waals surface area (Å²) in [6.07, 6.45) is 0.947. The lowest BCUT2D eigenvalue weighted by molar-refractivity contribution is 0.100. The van der Waals surface area contributed by atoms with E-state index in [-0.39, 0.29) is 15.5 Å². The molecule has 8 heteroatoms. The topological polar surface area (TPSA) is 86.7 Å². The number of nitrogens with one attached hydrogen (secondary N) is 1. The molecule has 16 heavy (non-hydrogen) atoms. The Morgan fingerprint density at radius 3 is 2.88 bits per heavy atom. The highest BCUT2D eigenvalue weighted by atomic mass is 32.2. The van der Waals surface area contributed by atoms with Gasteiger partial charge >= 0.3 is 0 Å². The fraction of sp³-hybridized carbons (Fsp3) is 0.125. The van der Waals surface area contributed by atoms with E-state index in [1.54, 1.807) is 10.9 Å². The molecule has 0 unspecified atom stereocenters. The summed E-state index contributed by atoms with van der Waals surface area (Å²) in [5.41, 5.74) is 1.56. The summed E-state index contributed by atoms with van der Waals surface area (Å²) in [7, 11) is -2.42. The van der Waals surface area contributed by atoms with Crippen LogP contribution in [0.1, 0.15) is 9.67 Å². The molecule has 0 saturated heterocycles. The van der Waals surface area contributed by atoms with E-state index in [0.717, 1.165) is 21.8 Å². The Kier molecular flexibility index (Phi) is 2.49. The van der Waals surface area contributed by atoms with Crippen LogP contribution in [0.3, 0.4) is 0 Å². The number of rotatable bonds is 1. The van der Waals surface area contributed by atoms with Crippen molar-refractivity contribution < 1.29 is 18.4 Å². The van der Waals surface area contributed by atoms with Crippen molar-refractivity contribution in [2.75, 3.05) is 7.05 Å². The fourth-order valence-electron chi connectivity index (χ4n) is 1.42. The number of hydroxylamine groups is 1. The molecule has 2 rings (SSSR count). The van der Waals surface area contributed by atoms with Crippen LogP contribution >= 0.6 is 11.3 Å². The normalized spacial score (nSPS) is 21.0. The Morgan fingerprint density at radius 1 is 1.56 bits per heavy atom. The van der Waals surface area contributed by atoms with Crippen LogP contribution in [-0.2, 0) is 10.0 Å². The number of allylic oxidation sites excluding steroid dienone is 1. The second-order valence-corrected chi connectivity index (χ2v) is 5.93. The van der Waals surface area contributed by atoms with E-state index >= 15 is 0 Å². The molecule has 0 amide bonds. The van der Waals surface area contributed by atoms with E-state index in [0.29, 0.717) is 0 Å². The van der Waals surface area contributed by atoms with E-state index in [1.165, 1.54) is 13.1 Å². The molecule has 2 heterocycles. The van der Waals surface area contributed by atoms with Gasteiger partial charge in [0.15, 0.2) is 0 Å². The number of hydrogen-bond acceptors (Lipinski definition) is 6. The summed E-state index contributed by atoms with van der Waals surface area (Å²) in [4.78, 5) is 12.0. The summed E-state index contributed by atoms with van der Waals surface area (Å²) in [5, 5.41) is 10.1. The van der Waals surface area contributed by atoms with Crippen LogP contribution in [0.15, 0.2) is 28.2 Å². The van der Waals surface area contributed by atoms with Gasteiger partial charge in [0.05, 0.1) is 11.1 Å². The molecule has 1 aliphatic rings. The van der Waals surface area contributed by atoms with E-state index in [4.69, 9.17) is 5.21 Å². The van der Waals surface area contributed by atoms with Crippen molar-refractivity contribution in [3.8, 4) is 0 Å². The molecule has 0 aromatic carbocycles. The molecule has 0 saturated carbocycles. The average molecular weight is 260 g/mol. The van der Waals surface area contributed by atoms with Crippen molar-refractivity contribution in [3.05, 3.63) is 28.2 Å². The highest BCUT2D eigenvalue weighted by Crippen LogP contribution is 2.33. The van der Waals surface area contributed by atoms with E-state index in [9.17, 15) is 13.2 Å².